The van der Waals surface area contributed by atoms with Gasteiger partial charge in [-0.15, -0.1) is 10.2 Å². The molecule has 0 bridgehead atoms. The molecule has 6 rings (SSSR count). The maximum Gasteiger partial charge on any atom is 0.488 e. The van der Waals surface area contributed by atoms with E-state index in [1.54, 1.807) is 37.4 Å². The van der Waals surface area contributed by atoms with Crippen molar-refractivity contribution in [2.75, 3.05) is 20.2 Å². The number of hydrogen-bond donors (Lipinski definition) is 4. The van der Waals surface area contributed by atoms with Crippen LogP contribution in [0.5, 0.6) is 5.75 Å². The van der Waals surface area contributed by atoms with Gasteiger partial charge in [-0.2, -0.15) is 0 Å². The van der Waals surface area contributed by atoms with Gasteiger partial charge in [0.15, 0.2) is 5.82 Å². The molecule has 1 atom stereocenters. The molecular weight excluding hydrogens is 621 g/mol. The van der Waals surface area contributed by atoms with Crippen LogP contribution in [0.3, 0.4) is 0 Å². The highest BCUT2D eigenvalue weighted by Crippen LogP contribution is 2.34. The second kappa shape index (κ2) is 13.7. The molecule has 0 radical (unpaired) electrons. The fourth-order valence-corrected chi connectivity index (χ4v) is 5.60. The van der Waals surface area contributed by atoms with Crippen LogP contribution in [0.25, 0.3) is 16.6 Å². The number of nitrogens with zero attached hydrogens (tertiary/aromatic N) is 5. The van der Waals surface area contributed by atoms with Crippen LogP contribution in [0.2, 0.25) is 5.02 Å². The SMILES string of the molecule is COc1ccc2c(c1)C(c1ccc(Cl)cc1)=N[C@@H](CC(=O)NCC(=O)NCCc1ccc3ccc(B(O)O)cc3n1)c1nnc(C)n1-2. The molecule has 47 heavy (non-hydrogen) atoms. The van der Waals surface area contributed by atoms with Crippen LogP contribution < -0.4 is 20.8 Å². The van der Waals surface area contributed by atoms with Crippen molar-refractivity contribution < 1.29 is 24.4 Å². The van der Waals surface area contributed by atoms with E-state index in [1.807, 2.05) is 54.0 Å². The Morgan fingerprint density at radius 3 is 2.53 bits per heavy atom. The zero-order chi connectivity index (χ0) is 33.1. The lowest BCUT2D eigenvalue weighted by Crippen LogP contribution is -2.38. The van der Waals surface area contributed by atoms with Gasteiger partial charge < -0.3 is 25.4 Å². The number of fused-ring (bicyclic) bond motifs is 4. The molecule has 0 fully saturated rings. The average molecular weight is 652 g/mol. The minimum atomic E-state index is -1.58. The Morgan fingerprint density at radius 2 is 1.77 bits per heavy atom. The van der Waals surface area contributed by atoms with Crippen molar-refractivity contribution in [3.8, 4) is 11.4 Å². The number of carbonyl (C=O) groups is 2. The van der Waals surface area contributed by atoms with Gasteiger partial charge in [-0.3, -0.25) is 24.1 Å². The Kier molecular flexibility index (Phi) is 9.30. The van der Waals surface area contributed by atoms with Gasteiger partial charge in [-0.05, 0) is 54.9 Å². The first-order chi connectivity index (χ1) is 22.7. The van der Waals surface area contributed by atoms with Crippen LogP contribution in [0.15, 0.2) is 77.8 Å². The summed E-state index contributed by atoms with van der Waals surface area (Å²) in [5.41, 5.74) is 4.73. The summed E-state index contributed by atoms with van der Waals surface area (Å²) in [5.74, 6) is 1.05. The molecule has 12 nitrogen and oxygen atoms in total. The van der Waals surface area contributed by atoms with Crippen LogP contribution >= 0.6 is 11.6 Å². The third kappa shape index (κ3) is 7.02. The molecule has 0 aliphatic carbocycles. The number of carbonyl (C=O) groups excluding carboxylic acids is 2. The largest absolute Gasteiger partial charge is 0.497 e. The third-order valence-electron chi connectivity index (χ3n) is 7.85. The molecule has 3 aromatic carbocycles. The molecule has 238 valence electrons. The fraction of sp³-hybridized carbons (Fsp3) is 0.212. The monoisotopic (exact) mass is 651 g/mol. The summed E-state index contributed by atoms with van der Waals surface area (Å²) in [4.78, 5) is 35.4. The van der Waals surface area contributed by atoms with Gasteiger partial charge in [0, 0.05) is 40.2 Å². The second-order valence-electron chi connectivity index (χ2n) is 11.0. The smallest absolute Gasteiger partial charge is 0.488 e. The number of nitrogens with one attached hydrogen (secondary N) is 2. The van der Waals surface area contributed by atoms with Crippen LogP contribution in [0.4, 0.5) is 0 Å². The standard InChI is InChI=1S/C33H31BClN7O5/c1-19-40-41-33-28(39-32(21-4-8-23(35)9-5-21)26-16-25(47-2)11-12-29(26)42(19)33)17-30(43)37-18-31(44)36-14-13-24-10-6-20-3-7-22(34(45)46)15-27(20)38-24/h3-12,15-16,28,45-46H,13-14,17-18H2,1-2H3,(H,36,44)(H,37,43)/t28-/m0/s1. The van der Waals surface area contributed by atoms with E-state index in [4.69, 9.17) is 21.3 Å². The summed E-state index contributed by atoms with van der Waals surface area (Å²) in [7, 11) is 0.0135. The first-order valence-corrected chi connectivity index (χ1v) is 15.3. The summed E-state index contributed by atoms with van der Waals surface area (Å²) >= 11 is 6.18. The van der Waals surface area contributed by atoms with Crippen LogP contribution in [0.1, 0.15) is 40.9 Å². The quantitative estimate of drug-likeness (QED) is 0.167. The predicted molar refractivity (Wildman–Crippen MR) is 178 cm³/mol. The molecular formula is C33H31BClN7O5. The Balaban J connectivity index is 1.14. The number of benzene rings is 3. The van der Waals surface area contributed by atoms with E-state index in [0.29, 0.717) is 52.1 Å². The minimum absolute atomic E-state index is 0.0703. The minimum Gasteiger partial charge on any atom is -0.497 e. The number of hydrogen-bond acceptors (Lipinski definition) is 9. The van der Waals surface area contributed by atoms with E-state index in [-0.39, 0.29) is 24.8 Å². The van der Waals surface area contributed by atoms with Crippen LogP contribution in [-0.4, -0.2) is 74.6 Å². The normalized spacial score (nSPS) is 13.6. The lowest BCUT2D eigenvalue weighted by atomic mass is 9.80. The number of amides is 2. The highest BCUT2D eigenvalue weighted by atomic mass is 35.5. The molecule has 2 amide bonds. The molecule has 0 saturated heterocycles. The molecule has 3 heterocycles. The molecule has 1 aliphatic heterocycles. The van der Waals surface area contributed by atoms with Gasteiger partial charge in [0.2, 0.25) is 11.8 Å². The highest BCUT2D eigenvalue weighted by Gasteiger charge is 2.30. The van der Waals surface area contributed by atoms with Crippen molar-refractivity contribution in [1.29, 1.82) is 0 Å². The highest BCUT2D eigenvalue weighted by molar-refractivity contribution is 6.58. The molecule has 0 unspecified atom stereocenters. The molecule has 1 aliphatic rings. The van der Waals surface area contributed by atoms with Gasteiger partial charge >= 0.3 is 7.12 Å². The zero-order valence-electron chi connectivity index (χ0n) is 25.6. The van der Waals surface area contributed by atoms with Crippen molar-refractivity contribution in [2.24, 2.45) is 4.99 Å². The molecule has 0 spiro atoms. The molecule has 2 aromatic heterocycles. The Bertz CT molecular complexity index is 2000. The third-order valence-corrected chi connectivity index (χ3v) is 8.10. The molecule has 4 N–H and O–H groups in total. The first kappa shape index (κ1) is 31.9. The van der Waals surface area contributed by atoms with Crippen molar-refractivity contribution >= 4 is 52.6 Å². The van der Waals surface area contributed by atoms with E-state index < -0.39 is 13.2 Å². The van der Waals surface area contributed by atoms with Crippen molar-refractivity contribution in [3.63, 3.8) is 0 Å². The Hall–Kier alpha value is -5.11. The lowest BCUT2D eigenvalue weighted by Gasteiger charge is -2.14. The number of aromatic nitrogens is 4. The number of halogens is 1. The summed E-state index contributed by atoms with van der Waals surface area (Å²) in [6.07, 6.45) is 0.380. The van der Waals surface area contributed by atoms with E-state index in [0.717, 1.165) is 27.9 Å². The number of aliphatic imine (C=N–C) groups is 1. The topological polar surface area (TPSA) is 164 Å². The first-order valence-electron chi connectivity index (χ1n) is 14.9. The second-order valence-corrected chi connectivity index (χ2v) is 11.5. The predicted octanol–water partition coefficient (Wildman–Crippen LogP) is 2.22. The number of pyridine rings is 1. The Labute approximate surface area is 275 Å². The van der Waals surface area contributed by atoms with E-state index in [1.165, 1.54) is 0 Å². The van der Waals surface area contributed by atoms with E-state index in [2.05, 4.69) is 25.8 Å². The van der Waals surface area contributed by atoms with Crippen molar-refractivity contribution in [2.45, 2.75) is 25.8 Å². The Morgan fingerprint density at radius 1 is 0.979 bits per heavy atom. The fourth-order valence-electron chi connectivity index (χ4n) is 5.47. The van der Waals surface area contributed by atoms with Gasteiger partial charge in [0.25, 0.3) is 0 Å². The number of rotatable bonds is 10. The molecule has 0 saturated carbocycles. The maximum atomic E-state index is 13.2. The molecule has 14 heteroatoms. The lowest BCUT2D eigenvalue weighted by molar-refractivity contribution is -0.126. The van der Waals surface area contributed by atoms with Crippen LogP contribution in [-0.2, 0) is 16.0 Å². The van der Waals surface area contributed by atoms with Crippen molar-refractivity contribution in [1.82, 2.24) is 30.4 Å². The summed E-state index contributed by atoms with van der Waals surface area (Å²) in [6.45, 7) is 1.92. The summed E-state index contributed by atoms with van der Waals surface area (Å²) in [6, 6.07) is 21.0. The van der Waals surface area contributed by atoms with Crippen molar-refractivity contribution in [3.05, 3.63) is 106 Å². The number of methoxy groups -OCH3 is 1. The summed E-state index contributed by atoms with van der Waals surface area (Å²) in [5, 5.41) is 34.5. The molecule has 5 aromatic rings. The van der Waals surface area contributed by atoms with E-state index >= 15 is 0 Å². The van der Waals surface area contributed by atoms with Gasteiger partial charge in [-0.25, -0.2) is 0 Å². The van der Waals surface area contributed by atoms with Gasteiger partial charge in [0.05, 0.1) is 37.0 Å². The van der Waals surface area contributed by atoms with Gasteiger partial charge in [-0.1, -0.05) is 41.9 Å². The zero-order valence-corrected chi connectivity index (χ0v) is 26.4. The summed E-state index contributed by atoms with van der Waals surface area (Å²) < 4.78 is 7.40. The van der Waals surface area contributed by atoms with Gasteiger partial charge in [0.1, 0.15) is 17.6 Å². The number of aryl methyl sites for hydroxylation is 1. The van der Waals surface area contributed by atoms with Crippen LogP contribution in [0, 0.1) is 6.92 Å². The number of ether oxygens (including phenoxy) is 1. The maximum absolute atomic E-state index is 13.2. The van der Waals surface area contributed by atoms with E-state index in [9.17, 15) is 19.6 Å². The average Bonchev–Trinajstić information content (AvgIpc) is 3.40.